The Morgan fingerprint density at radius 2 is 1.33 bits per heavy atom. The van der Waals surface area contributed by atoms with Crippen molar-refractivity contribution in [1.29, 1.82) is 0 Å². The predicted molar refractivity (Wildman–Crippen MR) is 86.6 cm³/mol. The van der Waals surface area contributed by atoms with Crippen LogP contribution in [0, 0.1) is 0 Å². The molecule has 120 valence electrons. The van der Waals surface area contributed by atoms with E-state index in [4.69, 9.17) is 14.2 Å². The maximum absolute atomic E-state index is 5.69. The maximum atomic E-state index is 5.69. The van der Waals surface area contributed by atoms with Crippen LogP contribution in [-0.4, -0.2) is 33.0 Å². The van der Waals surface area contributed by atoms with E-state index in [0.717, 1.165) is 25.9 Å². The molecule has 1 aromatic carbocycles. The van der Waals surface area contributed by atoms with Crippen molar-refractivity contribution in [3.05, 3.63) is 35.4 Å². The van der Waals surface area contributed by atoms with Crippen molar-refractivity contribution in [2.45, 2.75) is 46.1 Å². The summed E-state index contributed by atoms with van der Waals surface area (Å²) in [4.78, 5) is 0. The topological polar surface area (TPSA) is 27.7 Å². The second kappa shape index (κ2) is 12.8. The van der Waals surface area contributed by atoms with Gasteiger partial charge in [0.05, 0.1) is 33.0 Å². The van der Waals surface area contributed by atoms with Crippen molar-refractivity contribution in [3.63, 3.8) is 0 Å². The van der Waals surface area contributed by atoms with Gasteiger partial charge in [0.2, 0.25) is 0 Å². The van der Waals surface area contributed by atoms with Crippen LogP contribution in [0.5, 0.6) is 0 Å². The van der Waals surface area contributed by atoms with Gasteiger partial charge in [0.25, 0.3) is 0 Å². The van der Waals surface area contributed by atoms with Crippen molar-refractivity contribution in [2.24, 2.45) is 0 Å². The number of ether oxygens (including phenoxy) is 3. The van der Waals surface area contributed by atoms with Gasteiger partial charge in [-0.3, -0.25) is 0 Å². The zero-order valence-electron chi connectivity index (χ0n) is 13.6. The van der Waals surface area contributed by atoms with Gasteiger partial charge >= 0.3 is 0 Å². The second-order valence-corrected chi connectivity index (χ2v) is 5.15. The van der Waals surface area contributed by atoms with Crippen molar-refractivity contribution >= 4 is 0 Å². The molecule has 0 bridgehead atoms. The first kappa shape index (κ1) is 18.1. The molecule has 1 rings (SSSR count). The molecule has 0 aliphatic rings. The van der Waals surface area contributed by atoms with Crippen LogP contribution in [0.2, 0.25) is 0 Å². The molecule has 0 heterocycles. The lowest BCUT2D eigenvalue weighted by Crippen LogP contribution is -2.10. The highest BCUT2D eigenvalue weighted by molar-refractivity contribution is 5.26. The highest BCUT2D eigenvalue weighted by Gasteiger charge is 2.00. The summed E-state index contributed by atoms with van der Waals surface area (Å²) < 4.78 is 16.6. The summed E-state index contributed by atoms with van der Waals surface area (Å²) >= 11 is 0. The van der Waals surface area contributed by atoms with Crippen molar-refractivity contribution < 1.29 is 14.2 Å². The predicted octanol–water partition coefficient (Wildman–Crippen LogP) is 3.99. The van der Waals surface area contributed by atoms with Crippen molar-refractivity contribution in [2.75, 3.05) is 33.0 Å². The quantitative estimate of drug-likeness (QED) is 0.515. The fourth-order valence-electron chi connectivity index (χ4n) is 2.08. The van der Waals surface area contributed by atoms with E-state index in [1.165, 1.54) is 17.5 Å². The Morgan fingerprint density at radius 1 is 0.714 bits per heavy atom. The van der Waals surface area contributed by atoms with Crippen LogP contribution in [0.25, 0.3) is 0 Å². The minimum absolute atomic E-state index is 0.632. The van der Waals surface area contributed by atoms with E-state index in [1.54, 1.807) is 0 Å². The van der Waals surface area contributed by atoms with Crippen LogP contribution in [0.4, 0.5) is 0 Å². The highest BCUT2D eigenvalue weighted by Crippen LogP contribution is 2.12. The first-order valence-corrected chi connectivity index (χ1v) is 8.18. The molecule has 0 saturated carbocycles. The minimum Gasteiger partial charge on any atom is -0.379 e. The van der Waals surface area contributed by atoms with Crippen LogP contribution in [0.15, 0.2) is 24.3 Å². The Labute approximate surface area is 129 Å². The van der Waals surface area contributed by atoms with E-state index in [2.05, 4.69) is 38.1 Å². The fourth-order valence-corrected chi connectivity index (χ4v) is 2.08. The number of benzene rings is 1. The first-order valence-electron chi connectivity index (χ1n) is 8.18. The molecule has 0 spiro atoms. The molecule has 0 amide bonds. The maximum Gasteiger partial charge on any atom is 0.0720 e. The summed E-state index contributed by atoms with van der Waals surface area (Å²) in [7, 11) is 0. The zero-order chi connectivity index (χ0) is 15.2. The monoisotopic (exact) mass is 294 g/mol. The van der Waals surface area contributed by atoms with E-state index in [-0.39, 0.29) is 0 Å². The molecule has 0 radical (unpaired) electrons. The summed E-state index contributed by atoms with van der Waals surface area (Å²) in [6.45, 7) is 8.47. The Hall–Kier alpha value is -0.900. The minimum atomic E-state index is 0.632. The summed E-state index contributed by atoms with van der Waals surface area (Å²) in [6.07, 6.45) is 4.58. The molecular formula is C18H30O3. The SMILES string of the molecule is CCCCOCCOCCOCc1ccccc1CCC. The summed E-state index contributed by atoms with van der Waals surface area (Å²) in [5, 5.41) is 0. The summed E-state index contributed by atoms with van der Waals surface area (Å²) in [5.41, 5.74) is 2.69. The number of aryl methyl sites for hydroxylation is 1. The average molecular weight is 294 g/mol. The lowest BCUT2D eigenvalue weighted by Gasteiger charge is -2.10. The molecule has 21 heavy (non-hydrogen) atoms. The van der Waals surface area contributed by atoms with Gasteiger partial charge in [-0.15, -0.1) is 0 Å². The summed E-state index contributed by atoms with van der Waals surface area (Å²) in [5.74, 6) is 0. The van der Waals surface area contributed by atoms with Gasteiger partial charge in [0.15, 0.2) is 0 Å². The molecule has 0 aliphatic heterocycles. The number of unbranched alkanes of at least 4 members (excludes halogenated alkanes) is 1. The molecule has 0 atom stereocenters. The number of hydrogen-bond acceptors (Lipinski definition) is 3. The second-order valence-electron chi connectivity index (χ2n) is 5.15. The molecule has 1 aromatic rings. The third kappa shape index (κ3) is 8.86. The van der Waals surface area contributed by atoms with Gasteiger partial charge < -0.3 is 14.2 Å². The van der Waals surface area contributed by atoms with Crippen LogP contribution in [-0.2, 0) is 27.2 Å². The van der Waals surface area contributed by atoms with Crippen LogP contribution >= 0.6 is 0 Å². The summed E-state index contributed by atoms with van der Waals surface area (Å²) in [6, 6.07) is 8.50. The highest BCUT2D eigenvalue weighted by atomic mass is 16.5. The van der Waals surface area contributed by atoms with Crippen LogP contribution in [0.1, 0.15) is 44.2 Å². The molecule has 0 fully saturated rings. The standard InChI is InChI=1S/C18H30O3/c1-3-5-11-19-12-13-20-14-15-21-16-18-10-7-6-9-17(18)8-4-2/h6-7,9-10H,3-5,8,11-16H2,1-2H3. The van der Waals surface area contributed by atoms with Gasteiger partial charge in [-0.25, -0.2) is 0 Å². The molecule has 3 nitrogen and oxygen atoms in total. The lowest BCUT2D eigenvalue weighted by molar-refractivity contribution is 0.0101. The molecule has 0 unspecified atom stereocenters. The number of rotatable bonds is 13. The molecule has 0 aromatic heterocycles. The first-order chi connectivity index (χ1) is 10.4. The normalized spacial score (nSPS) is 11.0. The molecule has 0 aliphatic carbocycles. The van der Waals surface area contributed by atoms with Gasteiger partial charge in [-0.05, 0) is 24.0 Å². The van der Waals surface area contributed by atoms with E-state index >= 15 is 0 Å². The fraction of sp³-hybridized carbons (Fsp3) is 0.667. The smallest absolute Gasteiger partial charge is 0.0720 e. The van der Waals surface area contributed by atoms with Crippen LogP contribution in [0.3, 0.4) is 0 Å². The Balaban J connectivity index is 2.01. The molecule has 3 heteroatoms. The lowest BCUT2D eigenvalue weighted by atomic mass is 10.0. The van der Waals surface area contributed by atoms with Crippen molar-refractivity contribution in [3.8, 4) is 0 Å². The number of hydrogen-bond donors (Lipinski definition) is 0. The largest absolute Gasteiger partial charge is 0.379 e. The average Bonchev–Trinajstić information content (AvgIpc) is 2.51. The van der Waals surface area contributed by atoms with Crippen LogP contribution < -0.4 is 0 Å². The van der Waals surface area contributed by atoms with E-state index in [1.807, 2.05) is 0 Å². The van der Waals surface area contributed by atoms with Gasteiger partial charge in [-0.1, -0.05) is 51.0 Å². The zero-order valence-corrected chi connectivity index (χ0v) is 13.6. The van der Waals surface area contributed by atoms with Crippen molar-refractivity contribution in [1.82, 2.24) is 0 Å². The molecule has 0 saturated heterocycles. The van der Waals surface area contributed by atoms with E-state index in [0.29, 0.717) is 33.0 Å². The van der Waals surface area contributed by atoms with E-state index in [9.17, 15) is 0 Å². The third-order valence-corrected chi connectivity index (χ3v) is 3.28. The van der Waals surface area contributed by atoms with E-state index < -0.39 is 0 Å². The van der Waals surface area contributed by atoms with Gasteiger partial charge in [0.1, 0.15) is 0 Å². The Kier molecular flexibility index (Phi) is 11.1. The molecule has 0 N–H and O–H groups in total. The van der Waals surface area contributed by atoms with Gasteiger partial charge in [0, 0.05) is 6.61 Å². The van der Waals surface area contributed by atoms with Gasteiger partial charge in [-0.2, -0.15) is 0 Å². The Bertz CT molecular complexity index is 352. The molecular weight excluding hydrogens is 264 g/mol. The third-order valence-electron chi connectivity index (χ3n) is 3.28. The Morgan fingerprint density at radius 3 is 2.00 bits per heavy atom.